The van der Waals surface area contributed by atoms with Crippen LogP contribution in [0.1, 0.15) is 40.1 Å². The first kappa shape index (κ1) is 15.1. The van der Waals surface area contributed by atoms with Gasteiger partial charge in [0.2, 0.25) is 0 Å². The van der Waals surface area contributed by atoms with Crippen molar-refractivity contribution >= 4 is 23.2 Å². The van der Waals surface area contributed by atoms with E-state index in [0.717, 1.165) is 6.42 Å². The zero-order valence-electron chi connectivity index (χ0n) is 13.5. The lowest BCUT2D eigenvalue weighted by Crippen LogP contribution is -2.39. The Hall–Kier alpha value is -2.40. The van der Waals surface area contributed by atoms with Crippen LogP contribution < -0.4 is 0 Å². The van der Waals surface area contributed by atoms with E-state index in [1.165, 1.54) is 16.7 Å². The molecule has 6 heteroatoms. The van der Waals surface area contributed by atoms with Gasteiger partial charge in [0.25, 0.3) is 5.91 Å². The van der Waals surface area contributed by atoms with E-state index in [0.29, 0.717) is 22.9 Å². The first-order chi connectivity index (χ1) is 11.5. The number of amides is 1. The molecule has 0 N–H and O–H groups in total. The number of rotatable bonds is 1. The highest BCUT2D eigenvalue weighted by Gasteiger charge is 2.29. The highest BCUT2D eigenvalue weighted by molar-refractivity contribution is 6.30. The lowest BCUT2D eigenvalue weighted by Gasteiger charge is -2.35. The van der Waals surface area contributed by atoms with Gasteiger partial charge in [-0.15, -0.1) is 0 Å². The molecule has 3 heterocycles. The normalized spacial score (nSPS) is 17.1. The number of aryl methyl sites for hydroxylation is 1. The molecule has 4 rings (SSSR count). The van der Waals surface area contributed by atoms with Gasteiger partial charge in [0.15, 0.2) is 11.3 Å². The summed E-state index contributed by atoms with van der Waals surface area (Å²) in [4.78, 5) is 19.0. The van der Waals surface area contributed by atoms with Crippen LogP contribution in [0.5, 0.6) is 0 Å². The smallest absolute Gasteiger partial charge is 0.274 e. The number of fused-ring (bicyclic) bond motifs is 2. The molecule has 1 aliphatic heterocycles. The Bertz CT molecular complexity index is 949. The standard InChI is InChI=1S/C18H17ClN4O/c1-11-3-4-13-5-6-22(12(2)15(13)7-11)18(24)16-8-17-20-9-14(19)10-23(17)21-16/h3-4,7-10,12H,5-6H2,1-2H3. The van der Waals surface area contributed by atoms with E-state index in [2.05, 4.69) is 42.1 Å². The number of carbonyl (C=O) groups excluding carboxylic acids is 1. The lowest BCUT2D eigenvalue weighted by atomic mass is 9.92. The van der Waals surface area contributed by atoms with Gasteiger partial charge in [-0.1, -0.05) is 35.4 Å². The summed E-state index contributed by atoms with van der Waals surface area (Å²) in [5.74, 6) is -0.0729. The second kappa shape index (κ2) is 5.60. The molecule has 0 aliphatic carbocycles. The van der Waals surface area contributed by atoms with Gasteiger partial charge < -0.3 is 4.90 Å². The molecule has 1 unspecified atom stereocenters. The van der Waals surface area contributed by atoms with Gasteiger partial charge in [-0.25, -0.2) is 9.50 Å². The van der Waals surface area contributed by atoms with Gasteiger partial charge in [-0.2, -0.15) is 5.10 Å². The minimum absolute atomic E-state index is 0.0301. The minimum atomic E-state index is -0.0729. The molecular weight excluding hydrogens is 324 g/mol. The summed E-state index contributed by atoms with van der Waals surface area (Å²) in [5, 5.41) is 4.82. The van der Waals surface area contributed by atoms with E-state index < -0.39 is 0 Å². The van der Waals surface area contributed by atoms with Gasteiger partial charge in [0, 0.05) is 18.8 Å². The summed E-state index contributed by atoms with van der Waals surface area (Å²) in [6.45, 7) is 4.84. The fraction of sp³-hybridized carbons (Fsp3) is 0.278. The molecule has 1 aliphatic rings. The highest BCUT2D eigenvalue weighted by atomic mass is 35.5. The van der Waals surface area contributed by atoms with Gasteiger partial charge in [0.1, 0.15) is 0 Å². The first-order valence-electron chi connectivity index (χ1n) is 7.94. The van der Waals surface area contributed by atoms with Crippen molar-refractivity contribution in [1.29, 1.82) is 0 Å². The molecule has 1 aromatic carbocycles. The Kier molecular flexibility index (Phi) is 3.53. The predicted octanol–water partition coefficient (Wildman–Crippen LogP) is 3.45. The molecule has 5 nitrogen and oxygen atoms in total. The topological polar surface area (TPSA) is 50.5 Å². The summed E-state index contributed by atoms with van der Waals surface area (Å²) >= 11 is 5.93. The molecule has 0 saturated carbocycles. The van der Waals surface area contributed by atoms with Crippen LogP contribution in [-0.4, -0.2) is 31.9 Å². The Labute approximate surface area is 144 Å². The van der Waals surface area contributed by atoms with Crippen LogP contribution in [0.4, 0.5) is 0 Å². The van der Waals surface area contributed by atoms with Crippen LogP contribution in [0.25, 0.3) is 5.65 Å². The Balaban J connectivity index is 1.68. The molecule has 2 aromatic heterocycles. The van der Waals surface area contributed by atoms with Crippen LogP contribution in [0.3, 0.4) is 0 Å². The van der Waals surface area contributed by atoms with E-state index in [-0.39, 0.29) is 11.9 Å². The molecule has 0 fully saturated rings. The molecule has 24 heavy (non-hydrogen) atoms. The third-order valence-electron chi connectivity index (χ3n) is 4.60. The third-order valence-corrected chi connectivity index (χ3v) is 4.80. The molecule has 0 spiro atoms. The van der Waals surface area contributed by atoms with Crippen molar-refractivity contribution in [3.8, 4) is 0 Å². The molecule has 122 valence electrons. The van der Waals surface area contributed by atoms with Crippen LogP contribution >= 0.6 is 11.6 Å². The average Bonchev–Trinajstić information content (AvgIpc) is 2.98. The Morgan fingerprint density at radius 3 is 3.00 bits per heavy atom. The summed E-state index contributed by atoms with van der Waals surface area (Å²) in [5.41, 5.74) is 4.76. The van der Waals surface area contributed by atoms with Crippen molar-refractivity contribution in [2.75, 3.05) is 6.54 Å². The monoisotopic (exact) mass is 340 g/mol. The fourth-order valence-corrected chi connectivity index (χ4v) is 3.46. The molecule has 0 radical (unpaired) electrons. The molecule has 3 aromatic rings. The summed E-state index contributed by atoms with van der Waals surface area (Å²) in [7, 11) is 0. The van der Waals surface area contributed by atoms with E-state index in [1.54, 1.807) is 23.0 Å². The average molecular weight is 341 g/mol. The second-order valence-electron chi connectivity index (χ2n) is 6.23. The summed E-state index contributed by atoms with van der Waals surface area (Å²) < 4.78 is 1.54. The van der Waals surface area contributed by atoms with E-state index in [1.807, 2.05) is 4.90 Å². The van der Waals surface area contributed by atoms with Crippen molar-refractivity contribution in [3.05, 3.63) is 64.1 Å². The van der Waals surface area contributed by atoms with Gasteiger partial charge >= 0.3 is 0 Å². The fourth-order valence-electron chi connectivity index (χ4n) is 3.32. The van der Waals surface area contributed by atoms with E-state index >= 15 is 0 Å². The Morgan fingerprint density at radius 1 is 1.33 bits per heavy atom. The number of hydrogen-bond acceptors (Lipinski definition) is 3. The maximum Gasteiger partial charge on any atom is 0.274 e. The minimum Gasteiger partial charge on any atom is -0.330 e. The maximum absolute atomic E-state index is 12.9. The van der Waals surface area contributed by atoms with Crippen molar-refractivity contribution in [1.82, 2.24) is 19.5 Å². The second-order valence-corrected chi connectivity index (χ2v) is 6.67. The van der Waals surface area contributed by atoms with Gasteiger partial charge in [-0.3, -0.25) is 4.79 Å². The molecule has 1 amide bonds. The van der Waals surface area contributed by atoms with Crippen molar-refractivity contribution in [2.24, 2.45) is 0 Å². The van der Waals surface area contributed by atoms with Crippen molar-refractivity contribution < 1.29 is 4.79 Å². The number of nitrogens with zero attached hydrogens (tertiary/aromatic N) is 4. The van der Waals surface area contributed by atoms with Gasteiger partial charge in [0.05, 0.1) is 17.3 Å². The van der Waals surface area contributed by atoms with Crippen LogP contribution in [0.15, 0.2) is 36.7 Å². The maximum atomic E-state index is 12.9. The quantitative estimate of drug-likeness (QED) is 0.681. The lowest BCUT2D eigenvalue weighted by molar-refractivity contribution is 0.0671. The number of carbonyl (C=O) groups is 1. The van der Waals surface area contributed by atoms with Gasteiger partial charge in [-0.05, 0) is 31.4 Å². The number of halogens is 1. The van der Waals surface area contributed by atoms with Crippen LogP contribution in [0, 0.1) is 6.92 Å². The third kappa shape index (κ3) is 2.45. The van der Waals surface area contributed by atoms with E-state index in [9.17, 15) is 4.79 Å². The first-order valence-corrected chi connectivity index (χ1v) is 8.32. The predicted molar refractivity (Wildman–Crippen MR) is 92.3 cm³/mol. The number of hydrogen-bond donors (Lipinski definition) is 0. The zero-order chi connectivity index (χ0) is 16.8. The number of aromatic nitrogens is 3. The van der Waals surface area contributed by atoms with Crippen molar-refractivity contribution in [3.63, 3.8) is 0 Å². The molecule has 0 bridgehead atoms. The van der Waals surface area contributed by atoms with Crippen molar-refractivity contribution in [2.45, 2.75) is 26.3 Å². The molecule has 0 saturated heterocycles. The van der Waals surface area contributed by atoms with Crippen LogP contribution in [0.2, 0.25) is 5.02 Å². The largest absolute Gasteiger partial charge is 0.330 e. The molecular formula is C18H17ClN4O. The van der Waals surface area contributed by atoms with E-state index in [4.69, 9.17) is 11.6 Å². The SMILES string of the molecule is Cc1ccc2c(c1)C(C)N(C(=O)c1cc3ncc(Cl)cn3n1)CC2. The molecule has 1 atom stereocenters. The summed E-state index contributed by atoms with van der Waals surface area (Å²) in [6.07, 6.45) is 4.07. The highest BCUT2D eigenvalue weighted by Crippen LogP contribution is 2.31. The summed E-state index contributed by atoms with van der Waals surface area (Å²) in [6, 6.07) is 8.20. The Morgan fingerprint density at radius 2 is 2.17 bits per heavy atom. The van der Waals surface area contributed by atoms with Crippen LogP contribution in [-0.2, 0) is 6.42 Å². The zero-order valence-corrected chi connectivity index (χ0v) is 14.3. The number of benzene rings is 1.